The zero-order chi connectivity index (χ0) is 30.1. The van der Waals surface area contributed by atoms with Crippen molar-refractivity contribution in [3.63, 3.8) is 0 Å². The minimum absolute atomic E-state index is 0.418. The summed E-state index contributed by atoms with van der Waals surface area (Å²) in [6.07, 6.45) is 1.09. The summed E-state index contributed by atoms with van der Waals surface area (Å²) in [5, 5.41) is 10.5. The zero-order valence-electron chi connectivity index (χ0n) is 26.4. The topological polar surface area (TPSA) is 35.9 Å². The molecule has 4 nitrogen and oxygen atoms in total. The summed E-state index contributed by atoms with van der Waals surface area (Å²) in [7, 11) is 4.33. The second kappa shape index (κ2) is 15.7. The molecule has 4 aromatic rings. The monoisotopic (exact) mass is 756 g/mol. The molecule has 0 bridgehead atoms. The fourth-order valence-corrected chi connectivity index (χ4v) is 15.6. The average Bonchev–Trinajstić information content (AvgIpc) is 2.96. The van der Waals surface area contributed by atoms with Gasteiger partial charge in [0.1, 0.15) is 0 Å². The predicted molar refractivity (Wildman–Crippen MR) is 178 cm³/mol. The van der Waals surface area contributed by atoms with E-state index in [1.165, 1.54) is 37.4 Å². The Morgan fingerprint density at radius 2 is 1.19 bits per heavy atom. The summed E-state index contributed by atoms with van der Waals surface area (Å²) in [5.41, 5.74) is 9.75. The van der Waals surface area contributed by atoms with Crippen LogP contribution in [0.3, 0.4) is 0 Å². The molecule has 1 N–H and O–H groups in total. The molecular weight excluding hydrogens is 709 g/mol. The number of rotatable bonds is 14. The maximum absolute atomic E-state index is 10.5. The van der Waals surface area contributed by atoms with E-state index in [-0.39, 0.29) is 0 Å². The van der Waals surface area contributed by atoms with E-state index in [9.17, 15) is 5.11 Å². The van der Waals surface area contributed by atoms with E-state index in [0.29, 0.717) is 5.75 Å². The SMILES string of the molecule is Cc1cc(C)c(O)c(CN(C)CCN(C)Cc2cc(C)cc(C)c2[O][Tl]([CH2]Cc2ccccc2)[CH2]c2ccccc2)c1. The van der Waals surface area contributed by atoms with Crippen molar-refractivity contribution in [3.05, 3.63) is 129 Å². The van der Waals surface area contributed by atoms with Crippen molar-refractivity contribution in [1.82, 2.24) is 9.80 Å². The third kappa shape index (κ3) is 9.68. The Morgan fingerprint density at radius 3 is 1.81 bits per heavy atom. The second-order valence-electron chi connectivity index (χ2n) is 12.1. The summed E-state index contributed by atoms with van der Waals surface area (Å²) in [6, 6.07) is 30.5. The van der Waals surface area contributed by atoms with Crippen molar-refractivity contribution in [2.24, 2.45) is 0 Å². The first-order chi connectivity index (χ1) is 20.2. The molecule has 0 spiro atoms. The van der Waals surface area contributed by atoms with E-state index in [4.69, 9.17) is 2.69 Å². The van der Waals surface area contributed by atoms with Crippen LogP contribution >= 0.6 is 0 Å². The third-order valence-corrected chi connectivity index (χ3v) is 17.4. The van der Waals surface area contributed by atoms with Gasteiger partial charge in [0.2, 0.25) is 0 Å². The van der Waals surface area contributed by atoms with Crippen LogP contribution in [0.25, 0.3) is 0 Å². The van der Waals surface area contributed by atoms with Gasteiger partial charge < -0.3 is 0 Å². The quantitative estimate of drug-likeness (QED) is 0.135. The van der Waals surface area contributed by atoms with Crippen molar-refractivity contribution in [1.29, 1.82) is 0 Å². The molecule has 0 saturated carbocycles. The number of likely N-dealkylation sites (N-methyl/N-ethyl adjacent to an activating group) is 2. The summed E-state index contributed by atoms with van der Waals surface area (Å²) in [4.78, 5) is 4.69. The summed E-state index contributed by atoms with van der Waals surface area (Å²) >= 11 is -2.62. The molecule has 5 heteroatoms. The summed E-state index contributed by atoms with van der Waals surface area (Å²) < 4.78 is 9.44. The predicted octanol–water partition coefficient (Wildman–Crippen LogP) is 7.58. The van der Waals surface area contributed by atoms with Crippen LogP contribution in [0.2, 0.25) is 3.98 Å². The normalized spacial score (nSPS) is 11.3. The van der Waals surface area contributed by atoms with Gasteiger partial charge in [0.25, 0.3) is 0 Å². The molecule has 0 unspecified atom stereocenters. The first kappa shape index (κ1) is 32.2. The van der Waals surface area contributed by atoms with E-state index >= 15 is 0 Å². The van der Waals surface area contributed by atoms with E-state index in [2.05, 4.69) is 124 Å². The van der Waals surface area contributed by atoms with Crippen LogP contribution in [-0.2, 0) is 23.5 Å². The van der Waals surface area contributed by atoms with E-state index in [1.54, 1.807) is 0 Å². The molecule has 0 saturated heterocycles. The van der Waals surface area contributed by atoms with Crippen molar-refractivity contribution < 1.29 is 7.79 Å². The molecule has 4 rings (SSSR count). The number of phenolic OH excluding ortho intramolecular Hbond substituents is 1. The van der Waals surface area contributed by atoms with Gasteiger partial charge in [-0.15, -0.1) is 0 Å². The van der Waals surface area contributed by atoms with Gasteiger partial charge in [-0.05, 0) is 13.8 Å². The number of benzene rings is 4. The molecule has 42 heavy (non-hydrogen) atoms. The number of nitrogens with zero attached hydrogens (tertiary/aromatic N) is 2. The van der Waals surface area contributed by atoms with Crippen LogP contribution in [-0.4, -0.2) is 65.2 Å². The maximum atomic E-state index is 10.5. The van der Waals surface area contributed by atoms with Crippen LogP contribution in [0.4, 0.5) is 0 Å². The number of aromatic hydroxyl groups is 1. The Morgan fingerprint density at radius 1 is 0.667 bits per heavy atom. The van der Waals surface area contributed by atoms with Crippen LogP contribution in [0.15, 0.2) is 84.9 Å². The molecule has 0 heterocycles. The molecule has 0 aliphatic carbocycles. The number of hydrogen-bond donors (Lipinski definition) is 1. The fourth-order valence-electron chi connectivity index (χ4n) is 5.80. The molecule has 0 aliphatic rings. The van der Waals surface area contributed by atoms with E-state index in [0.717, 1.165) is 53.5 Å². The molecule has 220 valence electrons. The van der Waals surface area contributed by atoms with Gasteiger partial charge in [0.05, 0.1) is 0 Å². The Hall–Kier alpha value is -2.68. The van der Waals surface area contributed by atoms with E-state index < -0.39 is 23.2 Å². The van der Waals surface area contributed by atoms with Crippen molar-refractivity contribution >= 4 is 23.2 Å². The Kier molecular flexibility index (Phi) is 12.0. The van der Waals surface area contributed by atoms with Crippen molar-refractivity contribution in [3.8, 4) is 11.5 Å². The zero-order valence-corrected chi connectivity index (χ0v) is 30.8. The van der Waals surface area contributed by atoms with Crippen LogP contribution in [0.5, 0.6) is 11.5 Å². The van der Waals surface area contributed by atoms with Crippen molar-refractivity contribution in [2.45, 2.75) is 55.2 Å². The van der Waals surface area contributed by atoms with E-state index in [1.807, 2.05) is 13.0 Å². The van der Waals surface area contributed by atoms with Gasteiger partial charge in [-0.25, -0.2) is 0 Å². The molecule has 0 aliphatic heterocycles. The standard InChI is InChI=1S/C22H32N2O2.C8H9.C7H7.Tl/c1-15-9-17(3)21(25)19(11-15)13-23(5)7-8-24(6)14-20-12-16(2)10-18(4)22(20)26;1-2-8-6-4-3-5-7-8;1-7-5-3-2-4-6-7;/h9-12,25-26H,7-8,13-14H2,1-6H3;3-7H,1-2H2;2-6H,1H2;/q;;;+1/p-1. The number of aryl methyl sites for hydroxylation is 5. The first-order valence-electron chi connectivity index (χ1n) is 15.2. The van der Waals surface area contributed by atoms with Gasteiger partial charge >= 0.3 is 244 Å². The van der Waals surface area contributed by atoms with Crippen LogP contribution in [0.1, 0.15) is 44.5 Å². The van der Waals surface area contributed by atoms with Gasteiger partial charge in [0, 0.05) is 0 Å². The summed E-state index contributed by atoms with van der Waals surface area (Å²) in [5.74, 6) is 1.54. The number of phenols is 1. The summed E-state index contributed by atoms with van der Waals surface area (Å²) in [6.45, 7) is 11.9. The molecule has 4 aromatic carbocycles. The molecule has 0 amide bonds. The van der Waals surface area contributed by atoms with Crippen LogP contribution in [0, 0.1) is 27.7 Å². The Bertz CT molecular complexity index is 1430. The van der Waals surface area contributed by atoms with Crippen molar-refractivity contribution in [2.75, 3.05) is 27.2 Å². The van der Waals surface area contributed by atoms with Gasteiger partial charge in [-0.2, -0.15) is 0 Å². The van der Waals surface area contributed by atoms with Gasteiger partial charge in [-0.1, -0.05) is 6.07 Å². The second-order valence-corrected chi connectivity index (χ2v) is 21.7. The van der Waals surface area contributed by atoms with Gasteiger partial charge in [0.15, 0.2) is 0 Å². The van der Waals surface area contributed by atoms with Crippen LogP contribution < -0.4 is 2.69 Å². The Balaban J connectivity index is 1.44. The van der Waals surface area contributed by atoms with Gasteiger partial charge in [-0.3, -0.25) is 0 Å². The molecule has 0 fully saturated rings. The molecular formula is C37H47N2O2Tl. The molecule has 0 radical (unpaired) electrons. The fraction of sp³-hybridized carbons (Fsp3) is 0.351. The first-order valence-corrected chi connectivity index (χ1v) is 23.4. The third-order valence-electron chi connectivity index (χ3n) is 7.95. The minimum atomic E-state index is -2.62. The molecule has 0 atom stereocenters. The average molecular weight is 756 g/mol. The molecule has 0 aromatic heterocycles. The number of hydrogen-bond acceptors (Lipinski definition) is 4. The Labute approximate surface area is 262 Å².